The third-order valence-electron chi connectivity index (χ3n) is 2.40. The fourth-order valence-corrected chi connectivity index (χ4v) is 1.49. The molecular weight excluding hydrogens is 150 g/mol. The molecule has 70 valence electrons. The zero-order valence-corrected chi connectivity index (χ0v) is 7.92. The third-order valence-corrected chi connectivity index (χ3v) is 2.40. The summed E-state index contributed by atoms with van der Waals surface area (Å²) in [5.41, 5.74) is 1.08. The molecule has 0 bridgehead atoms. The molecular formula is C10H19NO. The Balaban J connectivity index is 2.21. The van der Waals surface area contributed by atoms with E-state index in [1.807, 2.05) is 6.92 Å². The first-order valence-electron chi connectivity index (χ1n) is 4.82. The average Bonchev–Trinajstić information content (AvgIpc) is 2.16. The second kappa shape index (κ2) is 5.33. The first-order chi connectivity index (χ1) is 5.83. The first kappa shape index (κ1) is 9.75. The molecule has 0 aromatic heterocycles. The van der Waals surface area contributed by atoms with Gasteiger partial charge in [0.05, 0.1) is 6.61 Å². The van der Waals surface area contributed by atoms with E-state index in [9.17, 15) is 0 Å². The van der Waals surface area contributed by atoms with Crippen molar-refractivity contribution < 1.29 is 5.11 Å². The van der Waals surface area contributed by atoms with Crippen LogP contribution in [0.2, 0.25) is 0 Å². The molecule has 1 aliphatic rings. The van der Waals surface area contributed by atoms with Gasteiger partial charge in [-0.3, -0.25) is 4.90 Å². The lowest BCUT2D eigenvalue weighted by Gasteiger charge is -2.25. The molecule has 1 N–H and O–H groups in total. The first-order valence-corrected chi connectivity index (χ1v) is 4.82. The second-order valence-electron chi connectivity index (χ2n) is 3.57. The minimum Gasteiger partial charge on any atom is -0.392 e. The predicted molar refractivity (Wildman–Crippen MR) is 51.1 cm³/mol. The highest BCUT2D eigenvalue weighted by Crippen LogP contribution is 2.08. The Morgan fingerprint density at radius 2 is 2.00 bits per heavy atom. The van der Waals surface area contributed by atoms with Crippen LogP contribution in [-0.4, -0.2) is 36.2 Å². The number of hydrogen-bond donors (Lipinski definition) is 1. The van der Waals surface area contributed by atoms with E-state index in [4.69, 9.17) is 5.11 Å². The van der Waals surface area contributed by atoms with E-state index >= 15 is 0 Å². The molecule has 1 saturated heterocycles. The monoisotopic (exact) mass is 169 g/mol. The maximum absolute atomic E-state index is 8.78. The number of likely N-dealkylation sites (tertiary alicyclic amines) is 1. The van der Waals surface area contributed by atoms with Gasteiger partial charge in [0.1, 0.15) is 0 Å². The molecule has 0 amide bonds. The summed E-state index contributed by atoms with van der Waals surface area (Å²) in [5.74, 6) is 0. The summed E-state index contributed by atoms with van der Waals surface area (Å²) >= 11 is 0. The van der Waals surface area contributed by atoms with Crippen LogP contribution in [0.4, 0.5) is 0 Å². The molecule has 0 aromatic carbocycles. The van der Waals surface area contributed by atoms with Crippen molar-refractivity contribution in [3.63, 3.8) is 0 Å². The fraction of sp³-hybridized carbons (Fsp3) is 0.800. The summed E-state index contributed by atoms with van der Waals surface area (Å²) in [6.45, 7) is 5.66. The van der Waals surface area contributed by atoms with E-state index in [1.54, 1.807) is 0 Å². The summed E-state index contributed by atoms with van der Waals surface area (Å²) in [6.07, 6.45) is 6.20. The maximum Gasteiger partial charge on any atom is 0.0639 e. The van der Waals surface area contributed by atoms with Crippen LogP contribution in [0.25, 0.3) is 0 Å². The molecule has 0 radical (unpaired) electrons. The topological polar surface area (TPSA) is 23.5 Å². The van der Waals surface area contributed by atoms with Gasteiger partial charge < -0.3 is 5.11 Å². The van der Waals surface area contributed by atoms with Gasteiger partial charge in [-0.15, -0.1) is 0 Å². The third kappa shape index (κ3) is 3.37. The van der Waals surface area contributed by atoms with E-state index in [2.05, 4.69) is 11.0 Å². The molecule has 1 fully saturated rings. The van der Waals surface area contributed by atoms with Crippen molar-refractivity contribution >= 4 is 0 Å². The number of aliphatic hydroxyl groups excluding tert-OH is 1. The molecule has 0 saturated carbocycles. The Morgan fingerprint density at radius 1 is 1.33 bits per heavy atom. The van der Waals surface area contributed by atoms with Gasteiger partial charge in [0, 0.05) is 6.54 Å². The van der Waals surface area contributed by atoms with E-state index in [-0.39, 0.29) is 6.61 Å². The molecule has 0 aromatic rings. The zero-order valence-electron chi connectivity index (χ0n) is 7.92. The summed E-state index contributed by atoms with van der Waals surface area (Å²) in [5, 5.41) is 8.78. The highest BCUT2D eigenvalue weighted by molar-refractivity contribution is 4.99. The van der Waals surface area contributed by atoms with Gasteiger partial charge in [-0.2, -0.15) is 0 Å². The van der Waals surface area contributed by atoms with E-state index < -0.39 is 0 Å². The highest BCUT2D eigenvalue weighted by atomic mass is 16.3. The van der Waals surface area contributed by atoms with Crippen LogP contribution in [0, 0.1) is 0 Å². The van der Waals surface area contributed by atoms with Crippen molar-refractivity contribution in [2.75, 3.05) is 26.2 Å². The van der Waals surface area contributed by atoms with Gasteiger partial charge in [-0.05, 0) is 32.9 Å². The van der Waals surface area contributed by atoms with Gasteiger partial charge in [0.25, 0.3) is 0 Å². The predicted octanol–water partition coefficient (Wildman–Crippen LogP) is 1.41. The van der Waals surface area contributed by atoms with Crippen molar-refractivity contribution in [1.82, 2.24) is 4.90 Å². The lowest BCUT2D eigenvalue weighted by Crippen LogP contribution is -2.29. The van der Waals surface area contributed by atoms with Crippen molar-refractivity contribution in [2.24, 2.45) is 0 Å². The Hall–Kier alpha value is -0.340. The lowest BCUT2D eigenvalue weighted by molar-refractivity contribution is 0.250. The van der Waals surface area contributed by atoms with E-state index in [0.29, 0.717) is 0 Å². The highest BCUT2D eigenvalue weighted by Gasteiger charge is 2.07. The molecule has 0 atom stereocenters. The molecule has 1 rings (SSSR count). The van der Waals surface area contributed by atoms with Gasteiger partial charge in [-0.25, -0.2) is 0 Å². The number of nitrogens with zero attached hydrogens (tertiary/aromatic N) is 1. The van der Waals surface area contributed by atoms with Crippen molar-refractivity contribution in [3.8, 4) is 0 Å². The standard InChI is InChI=1S/C10H19NO/c1-10(9-12)5-8-11-6-3-2-4-7-11/h5,12H,2-4,6-9H2,1H3. The number of hydrogen-bond acceptors (Lipinski definition) is 2. The molecule has 2 nitrogen and oxygen atoms in total. The van der Waals surface area contributed by atoms with Gasteiger partial charge in [0.2, 0.25) is 0 Å². The summed E-state index contributed by atoms with van der Waals surface area (Å²) in [4.78, 5) is 2.45. The quantitative estimate of drug-likeness (QED) is 0.646. The van der Waals surface area contributed by atoms with Crippen LogP contribution < -0.4 is 0 Å². The second-order valence-corrected chi connectivity index (χ2v) is 3.57. The maximum atomic E-state index is 8.78. The van der Waals surface area contributed by atoms with Crippen molar-refractivity contribution in [2.45, 2.75) is 26.2 Å². The molecule has 2 heteroatoms. The number of rotatable bonds is 3. The van der Waals surface area contributed by atoms with Crippen LogP contribution in [0.5, 0.6) is 0 Å². The fourth-order valence-electron chi connectivity index (χ4n) is 1.49. The normalized spacial score (nSPS) is 21.3. The van der Waals surface area contributed by atoms with Crippen LogP contribution in [0.1, 0.15) is 26.2 Å². The zero-order chi connectivity index (χ0) is 8.81. The van der Waals surface area contributed by atoms with Crippen LogP contribution in [0.15, 0.2) is 11.6 Å². The molecule has 0 aliphatic carbocycles. The molecule has 1 aliphatic heterocycles. The van der Waals surface area contributed by atoms with Crippen molar-refractivity contribution in [1.29, 1.82) is 0 Å². The van der Waals surface area contributed by atoms with E-state index in [0.717, 1.165) is 12.1 Å². The minimum absolute atomic E-state index is 0.202. The lowest BCUT2D eigenvalue weighted by atomic mass is 10.1. The Bertz CT molecular complexity index is 148. The molecule has 0 spiro atoms. The molecule has 0 unspecified atom stereocenters. The number of piperidine rings is 1. The number of aliphatic hydroxyl groups is 1. The Morgan fingerprint density at radius 3 is 2.58 bits per heavy atom. The molecule has 1 heterocycles. The van der Waals surface area contributed by atoms with E-state index in [1.165, 1.54) is 32.4 Å². The van der Waals surface area contributed by atoms with Gasteiger partial charge in [-0.1, -0.05) is 18.1 Å². The average molecular weight is 169 g/mol. The van der Waals surface area contributed by atoms with Gasteiger partial charge in [0.15, 0.2) is 0 Å². The smallest absolute Gasteiger partial charge is 0.0639 e. The SMILES string of the molecule is CC(=CCN1CCCCC1)CO. The summed E-state index contributed by atoms with van der Waals surface area (Å²) in [6, 6.07) is 0. The van der Waals surface area contributed by atoms with Crippen molar-refractivity contribution in [3.05, 3.63) is 11.6 Å². The van der Waals surface area contributed by atoms with Crippen LogP contribution in [0.3, 0.4) is 0 Å². The van der Waals surface area contributed by atoms with Crippen LogP contribution in [-0.2, 0) is 0 Å². The largest absolute Gasteiger partial charge is 0.392 e. The van der Waals surface area contributed by atoms with Crippen LogP contribution >= 0.6 is 0 Å². The summed E-state index contributed by atoms with van der Waals surface area (Å²) in [7, 11) is 0. The molecule has 12 heavy (non-hydrogen) atoms. The minimum atomic E-state index is 0.202. The Labute approximate surface area is 74.9 Å². The van der Waals surface area contributed by atoms with Gasteiger partial charge >= 0.3 is 0 Å². The summed E-state index contributed by atoms with van der Waals surface area (Å²) < 4.78 is 0. The Kier molecular flexibility index (Phi) is 4.33.